The van der Waals surface area contributed by atoms with Gasteiger partial charge in [0, 0.05) is 26.6 Å². The quantitative estimate of drug-likeness (QED) is 0.805. The summed E-state index contributed by atoms with van der Waals surface area (Å²) in [6.07, 6.45) is 1.05. The summed E-state index contributed by atoms with van der Waals surface area (Å²) in [5.74, 6) is -0.730. The van der Waals surface area contributed by atoms with Crippen molar-refractivity contribution in [3.63, 3.8) is 0 Å². The summed E-state index contributed by atoms with van der Waals surface area (Å²) in [5.41, 5.74) is 6.87. The molecule has 0 aliphatic carbocycles. The van der Waals surface area contributed by atoms with E-state index < -0.39 is 5.91 Å². The number of aryl methyl sites for hydroxylation is 1. The number of carbonyl (C=O) groups excluding carboxylic acids is 2. The van der Waals surface area contributed by atoms with Gasteiger partial charge >= 0.3 is 0 Å². The number of carbonyl (C=O) groups is 2. The predicted octanol–water partition coefficient (Wildman–Crippen LogP) is 1.26. The van der Waals surface area contributed by atoms with E-state index in [4.69, 9.17) is 5.73 Å². The Kier molecular flexibility index (Phi) is 3.64. The molecule has 0 atom stereocenters. The van der Waals surface area contributed by atoms with E-state index in [-0.39, 0.29) is 27.0 Å². The molecule has 0 radical (unpaired) electrons. The van der Waals surface area contributed by atoms with Crippen molar-refractivity contribution in [3.8, 4) is 0 Å². The fourth-order valence-corrected chi connectivity index (χ4v) is 1.55. The maximum Gasteiger partial charge on any atom is 0.247 e. The van der Waals surface area contributed by atoms with Crippen molar-refractivity contribution < 1.29 is 30.7 Å². The molecule has 2 amide bonds. The molecule has 0 spiro atoms. The van der Waals surface area contributed by atoms with E-state index in [2.05, 4.69) is 5.32 Å². The minimum atomic E-state index is -0.541. The van der Waals surface area contributed by atoms with E-state index >= 15 is 0 Å². The summed E-state index contributed by atoms with van der Waals surface area (Å²) < 4.78 is 0. The van der Waals surface area contributed by atoms with Crippen LogP contribution in [0.15, 0.2) is 18.2 Å². The van der Waals surface area contributed by atoms with Crippen LogP contribution in [-0.4, -0.2) is 11.8 Å². The van der Waals surface area contributed by atoms with Crippen LogP contribution in [0.1, 0.15) is 22.3 Å². The molecule has 1 aliphatic rings. The van der Waals surface area contributed by atoms with Gasteiger partial charge in [0.1, 0.15) is 0 Å². The maximum absolute atomic E-state index is 11.1. The van der Waals surface area contributed by atoms with Gasteiger partial charge in [-0.1, -0.05) is 23.8 Å². The van der Waals surface area contributed by atoms with E-state index in [1.165, 1.54) is 0 Å². The first kappa shape index (κ1) is 11.9. The summed E-state index contributed by atoms with van der Waals surface area (Å²) in [6, 6.07) is 5.20. The van der Waals surface area contributed by atoms with E-state index in [9.17, 15) is 9.59 Å². The zero-order valence-electron chi connectivity index (χ0n) is 7.90. The number of primary amides is 1. The fraction of sp³-hybridized carbons (Fsp3) is 0.200. The van der Waals surface area contributed by atoms with Gasteiger partial charge in [-0.15, -0.1) is 5.69 Å². The van der Waals surface area contributed by atoms with Crippen molar-refractivity contribution in [2.24, 2.45) is 5.73 Å². The Hall–Kier alpha value is -1.15. The molecule has 0 aromatic heterocycles. The Balaban J connectivity index is 0.00000112. The maximum atomic E-state index is 11.1. The monoisotopic (exact) mass is 373 g/mol. The molecule has 78 valence electrons. The number of hydrogen-bond acceptors (Lipinski definition) is 2. The smallest absolute Gasteiger partial charge is 0.247 e. The van der Waals surface area contributed by atoms with E-state index in [0.717, 1.165) is 5.56 Å². The normalized spacial score (nSPS) is 13.5. The molecule has 0 saturated carbocycles. The van der Waals surface area contributed by atoms with Crippen LogP contribution >= 0.6 is 0 Å². The molecule has 0 saturated heterocycles. The topological polar surface area (TPSA) is 74.3 Å². The second kappa shape index (κ2) is 4.58. The third kappa shape index (κ3) is 2.26. The number of rotatable bonds is 1. The number of hydrogen-bond donors (Lipinski definition) is 1. The summed E-state index contributed by atoms with van der Waals surface area (Å²) >= 11 is 0. The molecule has 0 fully saturated rings. The number of amides is 2. The van der Waals surface area contributed by atoms with Gasteiger partial charge in [0.25, 0.3) is 0 Å². The van der Waals surface area contributed by atoms with Gasteiger partial charge in [-0.25, -0.2) is 0 Å². The van der Waals surface area contributed by atoms with Crippen LogP contribution in [0, 0.1) is 0 Å². The van der Waals surface area contributed by atoms with Crippen LogP contribution in [0.2, 0.25) is 0 Å². The van der Waals surface area contributed by atoms with E-state index in [1.54, 1.807) is 12.1 Å². The van der Waals surface area contributed by atoms with Gasteiger partial charge in [-0.05, 0) is 12.8 Å². The summed E-state index contributed by atoms with van der Waals surface area (Å²) in [7, 11) is 0. The predicted molar refractivity (Wildman–Crippen MR) is 51.3 cm³/mol. The first-order valence-corrected chi connectivity index (χ1v) is 4.35. The fourth-order valence-electron chi connectivity index (χ4n) is 1.55. The number of fused-ring (bicyclic) bond motifs is 1. The number of nitrogens with two attached hydrogens (primary N) is 1. The third-order valence-electron chi connectivity index (χ3n) is 2.23. The molecule has 4 nitrogen and oxygen atoms in total. The molecule has 2 rings (SSSR count). The van der Waals surface area contributed by atoms with Crippen LogP contribution in [-0.2, 0) is 32.3 Å². The second-order valence-electron chi connectivity index (χ2n) is 3.18. The van der Waals surface area contributed by atoms with E-state index in [0.29, 0.717) is 24.1 Å². The van der Waals surface area contributed by atoms with Crippen LogP contribution in [0.5, 0.6) is 0 Å². The van der Waals surface area contributed by atoms with Crippen LogP contribution in [0.3, 0.4) is 0 Å². The molecule has 2 N–H and O–H groups in total. The zero-order chi connectivity index (χ0) is 10.1. The molecule has 15 heavy (non-hydrogen) atoms. The SMILES string of the molecule is NC(=O)c1cccc2c1[N-]C(=O)CC2.[W]. The average molecular weight is 373 g/mol. The van der Waals surface area contributed by atoms with Gasteiger partial charge < -0.3 is 15.8 Å². The standard InChI is InChI=1S/C10H10N2O2.W/c11-10(14)7-3-1-2-6-4-5-8(13)12-9(6)7;/h1-3H,4-5H2,(H3,11,12,13,14);/p-1. The first-order valence-electron chi connectivity index (χ1n) is 4.35. The molecule has 5 heteroatoms. The van der Waals surface area contributed by atoms with Gasteiger partial charge in [0.05, 0.1) is 5.91 Å². The second-order valence-corrected chi connectivity index (χ2v) is 3.18. The molecule has 0 unspecified atom stereocenters. The van der Waals surface area contributed by atoms with Crippen molar-refractivity contribution in [1.82, 2.24) is 0 Å². The Morgan fingerprint density at radius 3 is 2.73 bits per heavy atom. The van der Waals surface area contributed by atoms with Gasteiger partial charge in [0.15, 0.2) is 0 Å². The summed E-state index contributed by atoms with van der Waals surface area (Å²) in [6.45, 7) is 0. The van der Waals surface area contributed by atoms with Crippen molar-refractivity contribution in [1.29, 1.82) is 0 Å². The van der Waals surface area contributed by atoms with Gasteiger partial charge in [0.2, 0.25) is 5.91 Å². The Bertz CT molecular complexity index is 418. The minimum absolute atomic E-state index is 0. The molecule has 1 aromatic rings. The molecule has 1 aromatic carbocycles. The number of benzene rings is 1. The Labute approximate surface area is 101 Å². The zero-order valence-corrected chi connectivity index (χ0v) is 10.8. The van der Waals surface area contributed by atoms with Crippen LogP contribution in [0.4, 0.5) is 5.69 Å². The summed E-state index contributed by atoms with van der Waals surface area (Å²) in [4.78, 5) is 22.1. The first-order chi connectivity index (χ1) is 6.68. The molecule has 0 bridgehead atoms. The third-order valence-corrected chi connectivity index (χ3v) is 2.23. The largest absolute Gasteiger partial charge is 0.626 e. The van der Waals surface area contributed by atoms with Gasteiger partial charge in [-0.3, -0.25) is 4.79 Å². The van der Waals surface area contributed by atoms with Crippen molar-refractivity contribution in [3.05, 3.63) is 34.6 Å². The van der Waals surface area contributed by atoms with Crippen molar-refractivity contribution in [2.45, 2.75) is 12.8 Å². The number of nitrogens with zero attached hydrogens (tertiary/aromatic N) is 1. The average Bonchev–Trinajstić information content (AvgIpc) is 2.16. The van der Waals surface area contributed by atoms with Gasteiger partial charge in [-0.2, -0.15) is 0 Å². The molecular formula is C10H9N2O2W-. The number of para-hydroxylation sites is 1. The molecular weight excluding hydrogens is 364 g/mol. The van der Waals surface area contributed by atoms with Crippen LogP contribution < -0.4 is 5.73 Å². The molecule has 1 aliphatic heterocycles. The van der Waals surface area contributed by atoms with E-state index in [1.807, 2.05) is 6.07 Å². The van der Waals surface area contributed by atoms with Crippen LogP contribution in [0.25, 0.3) is 5.32 Å². The van der Waals surface area contributed by atoms with Crippen molar-refractivity contribution in [2.75, 3.05) is 0 Å². The van der Waals surface area contributed by atoms with Crippen molar-refractivity contribution >= 4 is 17.5 Å². The summed E-state index contributed by atoms with van der Waals surface area (Å²) in [5, 5.41) is 3.83. The minimum Gasteiger partial charge on any atom is -0.626 e. The Morgan fingerprint density at radius 2 is 2.07 bits per heavy atom. The Morgan fingerprint density at radius 1 is 1.33 bits per heavy atom. The molecule has 1 heterocycles.